The van der Waals surface area contributed by atoms with E-state index in [1.165, 1.54) is 18.2 Å². The van der Waals surface area contributed by atoms with Crippen LogP contribution in [0.5, 0.6) is 0 Å². The summed E-state index contributed by atoms with van der Waals surface area (Å²) >= 11 is 18.8. The summed E-state index contributed by atoms with van der Waals surface area (Å²) < 4.78 is 51.5. The summed E-state index contributed by atoms with van der Waals surface area (Å²) in [4.78, 5) is 26.0. The fraction of sp³-hybridized carbons (Fsp3) is 0.259. The lowest BCUT2D eigenvalue weighted by Crippen LogP contribution is -2.17. The molecule has 1 amide bonds. The summed E-state index contributed by atoms with van der Waals surface area (Å²) in [5.41, 5.74) is 7.96. The first-order valence-electron chi connectivity index (χ1n) is 11.4. The highest BCUT2D eigenvalue weighted by atomic mass is 35.5. The smallest absolute Gasteiger partial charge is 0.399 e. The molecule has 0 heterocycles. The summed E-state index contributed by atoms with van der Waals surface area (Å²) in [6, 6.07) is 10.2. The molecule has 0 radical (unpaired) electrons. The van der Waals surface area contributed by atoms with Crippen LogP contribution in [0.3, 0.4) is 0 Å². The van der Waals surface area contributed by atoms with Gasteiger partial charge in [0.2, 0.25) is 5.91 Å². The maximum atomic E-state index is 13.7. The number of nitrogens with two attached hydrogens (primary N) is 1. The van der Waals surface area contributed by atoms with Crippen LogP contribution < -0.4 is 11.1 Å². The van der Waals surface area contributed by atoms with Gasteiger partial charge in [-0.15, -0.1) is 23.2 Å². The Bertz CT molecular complexity index is 1460. The van der Waals surface area contributed by atoms with E-state index in [0.717, 1.165) is 22.8 Å². The van der Waals surface area contributed by atoms with Crippen molar-refractivity contribution in [3.05, 3.63) is 92.8 Å². The summed E-state index contributed by atoms with van der Waals surface area (Å²) in [6.45, 7) is 3.72. The SMILES string of the molecule is Cc1c(N)ccc(CC(=O)c2cc(NC(=O)[C@H]3[C@H](c4ccc(F)c(C(F)(F)F)c4)C3(Cl)Cl)ccc2Cl)c1C. The van der Waals surface area contributed by atoms with Crippen molar-refractivity contribution in [1.29, 1.82) is 0 Å². The van der Waals surface area contributed by atoms with Gasteiger partial charge in [0.25, 0.3) is 0 Å². The van der Waals surface area contributed by atoms with Gasteiger partial charge in [0.15, 0.2) is 5.78 Å². The molecule has 3 aromatic carbocycles. The lowest BCUT2D eigenvalue weighted by Gasteiger charge is -2.12. The largest absolute Gasteiger partial charge is 0.419 e. The molecular formula is C27H21Cl3F4N2O2. The molecule has 0 aliphatic heterocycles. The minimum atomic E-state index is -4.93. The van der Waals surface area contributed by atoms with Crippen molar-refractivity contribution in [2.75, 3.05) is 11.1 Å². The van der Waals surface area contributed by atoms with E-state index in [0.29, 0.717) is 17.8 Å². The molecule has 0 saturated heterocycles. The van der Waals surface area contributed by atoms with E-state index in [1.54, 1.807) is 12.1 Å². The minimum Gasteiger partial charge on any atom is -0.399 e. The highest BCUT2D eigenvalue weighted by molar-refractivity contribution is 6.53. The maximum absolute atomic E-state index is 13.7. The number of nitrogens with one attached hydrogen (secondary N) is 1. The first kappa shape index (κ1) is 28.2. The Morgan fingerprint density at radius 3 is 2.37 bits per heavy atom. The van der Waals surface area contributed by atoms with E-state index >= 15 is 0 Å². The molecule has 1 saturated carbocycles. The molecule has 11 heteroatoms. The van der Waals surface area contributed by atoms with Gasteiger partial charge in [0, 0.05) is 29.3 Å². The van der Waals surface area contributed by atoms with Crippen LogP contribution in [0.4, 0.5) is 28.9 Å². The Hall–Kier alpha value is -2.81. The first-order valence-corrected chi connectivity index (χ1v) is 12.5. The third-order valence-electron chi connectivity index (χ3n) is 6.82. The number of halogens is 7. The number of ketones is 1. The van der Waals surface area contributed by atoms with Gasteiger partial charge in [-0.3, -0.25) is 9.59 Å². The molecule has 0 unspecified atom stereocenters. The van der Waals surface area contributed by atoms with Crippen LogP contribution in [0.25, 0.3) is 0 Å². The summed E-state index contributed by atoms with van der Waals surface area (Å²) in [5, 5.41) is 2.78. The van der Waals surface area contributed by atoms with Crippen LogP contribution in [0.1, 0.15) is 44.1 Å². The molecule has 3 aromatic rings. The van der Waals surface area contributed by atoms with Gasteiger partial charge in [0.05, 0.1) is 16.5 Å². The molecule has 1 fully saturated rings. The molecule has 0 spiro atoms. The van der Waals surface area contributed by atoms with Gasteiger partial charge in [-0.05, 0) is 72.5 Å². The van der Waals surface area contributed by atoms with Gasteiger partial charge in [-0.1, -0.05) is 23.7 Å². The van der Waals surface area contributed by atoms with Crippen molar-refractivity contribution < 1.29 is 27.2 Å². The van der Waals surface area contributed by atoms with Crippen molar-refractivity contribution in [3.8, 4) is 0 Å². The third-order valence-corrected chi connectivity index (χ3v) is 8.09. The Balaban J connectivity index is 1.53. The molecule has 38 heavy (non-hydrogen) atoms. The number of carbonyl (C=O) groups is 2. The Kier molecular flexibility index (Phi) is 7.47. The second-order valence-electron chi connectivity index (χ2n) is 9.21. The fourth-order valence-corrected chi connectivity index (χ4v) is 5.47. The number of rotatable bonds is 6. The second-order valence-corrected chi connectivity index (χ2v) is 11.1. The number of benzene rings is 3. The highest BCUT2D eigenvalue weighted by Crippen LogP contribution is 2.65. The van der Waals surface area contributed by atoms with Crippen molar-refractivity contribution in [1.82, 2.24) is 0 Å². The van der Waals surface area contributed by atoms with Crippen LogP contribution in [0, 0.1) is 25.6 Å². The highest BCUT2D eigenvalue weighted by Gasteiger charge is 2.67. The monoisotopic (exact) mass is 586 g/mol. The van der Waals surface area contributed by atoms with Gasteiger partial charge in [0.1, 0.15) is 10.2 Å². The predicted molar refractivity (Wildman–Crippen MR) is 141 cm³/mol. The van der Waals surface area contributed by atoms with E-state index in [2.05, 4.69) is 5.32 Å². The van der Waals surface area contributed by atoms with Gasteiger partial charge >= 0.3 is 6.18 Å². The number of nitrogen functional groups attached to an aromatic ring is 1. The van der Waals surface area contributed by atoms with Crippen molar-refractivity contribution >= 4 is 57.9 Å². The van der Waals surface area contributed by atoms with E-state index in [4.69, 9.17) is 40.5 Å². The van der Waals surface area contributed by atoms with E-state index in [-0.39, 0.29) is 34.0 Å². The first-order chi connectivity index (χ1) is 17.6. The topological polar surface area (TPSA) is 72.2 Å². The van der Waals surface area contributed by atoms with E-state index in [1.807, 2.05) is 13.8 Å². The molecule has 2 atom stereocenters. The molecule has 0 aromatic heterocycles. The number of alkyl halides is 5. The average molecular weight is 588 g/mol. The zero-order valence-corrected chi connectivity index (χ0v) is 22.3. The van der Waals surface area contributed by atoms with Crippen LogP contribution in [0.15, 0.2) is 48.5 Å². The molecule has 4 rings (SSSR count). The van der Waals surface area contributed by atoms with Crippen molar-refractivity contribution in [2.45, 2.75) is 36.7 Å². The van der Waals surface area contributed by atoms with Gasteiger partial charge in [-0.25, -0.2) is 4.39 Å². The lowest BCUT2D eigenvalue weighted by molar-refractivity contribution is -0.140. The Morgan fingerprint density at radius 2 is 1.71 bits per heavy atom. The number of carbonyl (C=O) groups excluding carboxylic acids is 2. The number of hydrogen-bond donors (Lipinski definition) is 2. The quantitative estimate of drug-likeness (QED) is 0.135. The third kappa shape index (κ3) is 5.35. The van der Waals surface area contributed by atoms with Crippen LogP contribution >= 0.6 is 34.8 Å². The molecule has 0 bridgehead atoms. The Morgan fingerprint density at radius 1 is 1.03 bits per heavy atom. The second kappa shape index (κ2) is 10.1. The van der Waals surface area contributed by atoms with E-state index in [9.17, 15) is 27.2 Å². The maximum Gasteiger partial charge on any atom is 0.419 e. The van der Waals surface area contributed by atoms with Crippen molar-refractivity contribution in [2.24, 2.45) is 5.92 Å². The molecule has 3 N–H and O–H groups in total. The summed E-state index contributed by atoms with van der Waals surface area (Å²) in [6.07, 6.45) is -4.88. The number of amides is 1. The minimum absolute atomic E-state index is 0.0231. The van der Waals surface area contributed by atoms with Crippen LogP contribution in [-0.4, -0.2) is 16.0 Å². The van der Waals surface area contributed by atoms with E-state index < -0.39 is 39.6 Å². The number of hydrogen-bond acceptors (Lipinski definition) is 3. The number of anilines is 2. The summed E-state index contributed by atoms with van der Waals surface area (Å²) in [7, 11) is 0. The fourth-order valence-electron chi connectivity index (χ4n) is 4.42. The van der Waals surface area contributed by atoms with Gasteiger partial charge < -0.3 is 11.1 Å². The van der Waals surface area contributed by atoms with Gasteiger partial charge in [-0.2, -0.15) is 13.2 Å². The Labute approximate surface area is 231 Å². The average Bonchev–Trinajstić information content (AvgIpc) is 3.42. The van der Waals surface area contributed by atoms with Crippen LogP contribution in [0.2, 0.25) is 5.02 Å². The standard InChI is InChI=1S/C27H21Cl3F4N2O2/c1-12-13(2)21(35)8-4-14(12)10-22(37)17-11-16(5-6-19(17)28)36-25(38)24-23(26(24,29)30)15-3-7-20(31)18(9-15)27(32,33)34/h3-9,11,23-24H,10,35H2,1-2H3,(H,36,38)/t23-,24+/m0/s1. The zero-order chi connectivity index (χ0) is 28.2. The summed E-state index contributed by atoms with van der Waals surface area (Å²) in [5.74, 6) is -4.54. The molecule has 1 aliphatic carbocycles. The zero-order valence-electron chi connectivity index (χ0n) is 20.0. The molecule has 4 nitrogen and oxygen atoms in total. The lowest BCUT2D eigenvalue weighted by atomic mass is 9.95. The molecule has 1 aliphatic rings. The normalized spacial score (nSPS) is 18.2. The molecular weight excluding hydrogens is 567 g/mol. The van der Waals surface area contributed by atoms with Crippen LogP contribution in [-0.2, 0) is 17.4 Å². The molecule has 200 valence electrons. The van der Waals surface area contributed by atoms with Crippen molar-refractivity contribution in [3.63, 3.8) is 0 Å². The number of Topliss-reactive ketones (excluding diaryl/α,β-unsaturated/α-hetero) is 1. The predicted octanol–water partition coefficient (Wildman–Crippen LogP) is 7.65.